The molecule has 15 heavy (non-hydrogen) atoms. The van der Waals surface area contributed by atoms with Gasteiger partial charge in [-0.25, -0.2) is 4.98 Å². The Bertz CT molecular complexity index is 300. The molecule has 3 heteroatoms. The number of nitrogens with one attached hydrogen (secondary N) is 1. The largest absolute Gasteiger partial charge is 0.333 e. The van der Waals surface area contributed by atoms with Gasteiger partial charge in [-0.2, -0.15) is 0 Å². The van der Waals surface area contributed by atoms with Crippen LogP contribution >= 0.6 is 0 Å². The van der Waals surface area contributed by atoms with E-state index in [4.69, 9.17) is 0 Å². The van der Waals surface area contributed by atoms with Crippen LogP contribution in [0, 0.1) is 5.92 Å². The van der Waals surface area contributed by atoms with E-state index in [2.05, 4.69) is 28.7 Å². The van der Waals surface area contributed by atoms with E-state index in [9.17, 15) is 0 Å². The first-order valence-electron chi connectivity index (χ1n) is 5.98. The maximum atomic E-state index is 4.23. The highest BCUT2D eigenvalue weighted by molar-refractivity contribution is 4.98. The molecule has 1 aromatic rings. The molecule has 1 saturated carbocycles. The van der Waals surface area contributed by atoms with E-state index in [-0.39, 0.29) is 0 Å². The monoisotopic (exact) mass is 207 g/mol. The van der Waals surface area contributed by atoms with E-state index in [0.717, 1.165) is 19.0 Å². The van der Waals surface area contributed by atoms with E-state index in [1.807, 2.05) is 12.5 Å². The molecule has 1 aromatic heterocycles. The van der Waals surface area contributed by atoms with Gasteiger partial charge in [-0.15, -0.1) is 0 Å². The summed E-state index contributed by atoms with van der Waals surface area (Å²) < 4.78 is 2.30. The minimum Gasteiger partial charge on any atom is -0.333 e. The van der Waals surface area contributed by atoms with Gasteiger partial charge in [-0.1, -0.05) is 20.3 Å². The van der Waals surface area contributed by atoms with Crippen molar-refractivity contribution in [2.24, 2.45) is 5.92 Å². The third kappa shape index (κ3) is 2.81. The van der Waals surface area contributed by atoms with Crippen molar-refractivity contribution in [2.75, 3.05) is 0 Å². The number of imidazole rings is 1. The van der Waals surface area contributed by atoms with Gasteiger partial charge < -0.3 is 9.88 Å². The molecule has 0 radical (unpaired) electrons. The number of nitrogens with zero attached hydrogens (tertiary/aromatic N) is 2. The lowest BCUT2D eigenvalue weighted by atomic mass is 9.85. The number of hydrogen-bond acceptors (Lipinski definition) is 2. The lowest BCUT2D eigenvalue weighted by molar-refractivity contribution is 0.273. The zero-order valence-corrected chi connectivity index (χ0v) is 9.74. The van der Waals surface area contributed by atoms with Gasteiger partial charge in [0.25, 0.3) is 0 Å². The molecule has 2 rings (SSSR count). The molecule has 0 bridgehead atoms. The fourth-order valence-corrected chi connectivity index (χ4v) is 1.92. The average molecular weight is 207 g/mol. The molecule has 1 aliphatic rings. The van der Waals surface area contributed by atoms with E-state index in [1.165, 1.54) is 25.0 Å². The predicted molar refractivity (Wildman–Crippen MR) is 61.5 cm³/mol. The Morgan fingerprint density at radius 2 is 2.33 bits per heavy atom. The van der Waals surface area contributed by atoms with Crippen molar-refractivity contribution in [2.45, 2.75) is 52.2 Å². The second kappa shape index (κ2) is 4.79. The Hall–Kier alpha value is -0.830. The standard InChI is InChI=1S/C12H21N3/c1-10(2)14-7-12-6-13-9-15(12)8-11-4-3-5-11/h6,9-11,14H,3-5,7-8H2,1-2H3. The summed E-state index contributed by atoms with van der Waals surface area (Å²) in [5.74, 6) is 0.900. The van der Waals surface area contributed by atoms with Crippen LogP contribution in [0.25, 0.3) is 0 Å². The molecular weight excluding hydrogens is 186 g/mol. The number of hydrogen-bond donors (Lipinski definition) is 1. The van der Waals surface area contributed by atoms with Crippen molar-refractivity contribution in [1.82, 2.24) is 14.9 Å². The normalized spacial score (nSPS) is 17.0. The molecule has 1 aliphatic carbocycles. The van der Waals surface area contributed by atoms with Crippen LogP contribution in [0.4, 0.5) is 0 Å². The topological polar surface area (TPSA) is 29.9 Å². The summed E-state index contributed by atoms with van der Waals surface area (Å²) in [7, 11) is 0. The minimum atomic E-state index is 0.539. The molecular formula is C12H21N3. The van der Waals surface area contributed by atoms with Crippen molar-refractivity contribution < 1.29 is 0 Å². The van der Waals surface area contributed by atoms with Gasteiger partial charge in [0, 0.05) is 25.3 Å². The van der Waals surface area contributed by atoms with Crippen molar-refractivity contribution >= 4 is 0 Å². The summed E-state index contributed by atoms with van der Waals surface area (Å²) >= 11 is 0. The van der Waals surface area contributed by atoms with E-state index in [0.29, 0.717) is 6.04 Å². The Kier molecular flexibility index (Phi) is 3.41. The fraction of sp³-hybridized carbons (Fsp3) is 0.750. The van der Waals surface area contributed by atoms with Crippen LogP contribution in [0.15, 0.2) is 12.5 Å². The maximum Gasteiger partial charge on any atom is 0.0948 e. The molecule has 0 unspecified atom stereocenters. The Labute approximate surface area is 91.9 Å². The van der Waals surface area contributed by atoms with Gasteiger partial charge in [0.05, 0.1) is 12.0 Å². The van der Waals surface area contributed by atoms with Crippen LogP contribution in [0.3, 0.4) is 0 Å². The minimum absolute atomic E-state index is 0.539. The first-order chi connectivity index (χ1) is 7.25. The molecule has 0 saturated heterocycles. The van der Waals surface area contributed by atoms with Crippen molar-refractivity contribution in [3.63, 3.8) is 0 Å². The van der Waals surface area contributed by atoms with E-state index < -0.39 is 0 Å². The summed E-state index contributed by atoms with van der Waals surface area (Å²) in [6.45, 7) is 6.44. The van der Waals surface area contributed by atoms with Crippen LogP contribution in [0.2, 0.25) is 0 Å². The molecule has 1 N–H and O–H groups in total. The van der Waals surface area contributed by atoms with Crippen LogP contribution in [-0.4, -0.2) is 15.6 Å². The highest BCUT2D eigenvalue weighted by Gasteiger charge is 2.18. The van der Waals surface area contributed by atoms with Gasteiger partial charge in [0.1, 0.15) is 0 Å². The second-order valence-corrected chi connectivity index (χ2v) is 4.87. The van der Waals surface area contributed by atoms with Gasteiger partial charge in [0.15, 0.2) is 0 Å². The summed E-state index contributed by atoms with van der Waals surface area (Å²) in [5.41, 5.74) is 1.32. The quantitative estimate of drug-likeness (QED) is 0.802. The fourth-order valence-electron chi connectivity index (χ4n) is 1.92. The Morgan fingerprint density at radius 3 is 2.93 bits per heavy atom. The third-order valence-corrected chi connectivity index (χ3v) is 3.17. The molecule has 0 atom stereocenters. The van der Waals surface area contributed by atoms with Crippen molar-refractivity contribution in [3.05, 3.63) is 18.2 Å². The first kappa shape index (κ1) is 10.7. The van der Waals surface area contributed by atoms with Crippen LogP contribution in [-0.2, 0) is 13.1 Å². The highest BCUT2D eigenvalue weighted by Crippen LogP contribution is 2.28. The van der Waals surface area contributed by atoms with Gasteiger partial charge in [-0.3, -0.25) is 0 Å². The number of rotatable bonds is 5. The molecule has 3 nitrogen and oxygen atoms in total. The molecule has 0 amide bonds. The smallest absolute Gasteiger partial charge is 0.0948 e. The molecule has 0 aliphatic heterocycles. The van der Waals surface area contributed by atoms with Crippen LogP contribution in [0.5, 0.6) is 0 Å². The van der Waals surface area contributed by atoms with Gasteiger partial charge >= 0.3 is 0 Å². The summed E-state index contributed by atoms with van der Waals surface area (Å²) in [4.78, 5) is 4.23. The Morgan fingerprint density at radius 1 is 1.53 bits per heavy atom. The zero-order valence-electron chi connectivity index (χ0n) is 9.74. The number of aromatic nitrogens is 2. The average Bonchev–Trinajstić information content (AvgIpc) is 2.55. The lowest BCUT2D eigenvalue weighted by Gasteiger charge is -2.26. The lowest BCUT2D eigenvalue weighted by Crippen LogP contribution is -2.25. The molecule has 0 aromatic carbocycles. The van der Waals surface area contributed by atoms with Crippen molar-refractivity contribution in [3.8, 4) is 0 Å². The zero-order chi connectivity index (χ0) is 10.7. The van der Waals surface area contributed by atoms with Crippen LogP contribution in [0.1, 0.15) is 38.8 Å². The van der Waals surface area contributed by atoms with Gasteiger partial charge in [0.2, 0.25) is 0 Å². The maximum absolute atomic E-state index is 4.23. The molecule has 0 spiro atoms. The van der Waals surface area contributed by atoms with E-state index >= 15 is 0 Å². The highest BCUT2D eigenvalue weighted by atomic mass is 15.1. The first-order valence-corrected chi connectivity index (χ1v) is 5.98. The second-order valence-electron chi connectivity index (χ2n) is 4.87. The summed E-state index contributed by atoms with van der Waals surface area (Å²) in [6.07, 6.45) is 8.16. The van der Waals surface area contributed by atoms with E-state index in [1.54, 1.807) is 0 Å². The third-order valence-electron chi connectivity index (χ3n) is 3.17. The molecule has 84 valence electrons. The van der Waals surface area contributed by atoms with Crippen molar-refractivity contribution in [1.29, 1.82) is 0 Å². The summed E-state index contributed by atoms with van der Waals surface area (Å²) in [6, 6.07) is 0.539. The van der Waals surface area contributed by atoms with Crippen LogP contribution < -0.4 is 5.32 Å². The predicted octanol–water partition coefficient (Wildman–Crippen LogP) is 2.18. The summed E-state index contributed by atoms with van der Waals surface area (Å²) in [5, 5.41) is 3.44. The molecule has 1 heterocycles. The SMILES string of the molecule is CC(C)NCc1cncn1CC1CCC1. The van der Waals surface area contributed by atoms with Gasteiger partial charge in [-0.05, 0) is 18.8 Å². The Balaban J connectivity index is 1.89. The molecule has 1 fully saturated rings.